The van der Waals surface area contributed by atoms with E-state index in [1.807, 2.05) is 0 Å². The summed E-state index contributed by atoms with van der Waals surface area (Å²) in [5, 5.41) is 10.7. The number of carbonyl (C=O) groups excluding carboxylic acids is 4. The number of hydrogen-bond donors (Lipinski definition) is 3. The number of aliphatic hydroxyl groups excluding tert-OH is 1. The molecule has 2 unspecified atom stereocenters. The molecule has 0 aromatic rings. The fourth-order valence-electron chi connectivity index (χ4n) is 14.2. The summed E-state index contributed by atoms with van der Waals surface area (Å²) in [7, 11) is -9.93. The summed E-state index contributed by atoms with van der Waals surface area (Å²) in [6.07, 6.45) is 77.7. The molecule has 0 aromatic heterocycles. The Labute approximate surface area is 670 Å². The number of ether oxygens (including phenoxy) is 4. The van der Waals surface area contributed by atoms with E-state index in [1.165, 1.54) is 315 Å². The highest BCUT2D eigenvalue weighted by Gasteiger charge is 2.31. The van der Waals surface area contributed by atoms with Crippen LogP contribution in [0.1, 0.15) is 490 Å². The summed E-state index contributed by atoms with van der Waals surface area (Å²) >= 11 is 0. The Balaban J connectivity index is 5.25. The van der Waals surface area contributed by atoms with E-state index < -0.39 is 97.5 Å². The summed E-state index contributed by atoms with van der Waals surface area (Å²) in [5.41, 5.74) is 0. The molecule has 648 valence electrons. The lowest BCUT2D eigenvalue weighted by Gasteiger charge is -2.21. The molecule has 0 radical (unpaired) electrons. The van der Waals surface area contributed by atoms with Crippen molar-refractivity contribution in [2.24, 2.45) is 5.92 Å². The largest absolute Gasteiger partial charge is 0.472 e. The monoisotopic (exact) mass is 1590 g/mol. The zero-order valence-electron chi connectivity index (χ0n) is 71.7. The minimum Gasteiger partial charge on any atom is -0.462 e. The number of hydrogen-bond acceptors (Lipinski definition) is 15. The lowest BCUT2D eigenvalue weighted by Crippen LogP contribution is -2.30. The van der Waals surface area contributed by atoms with Gasteiger partial charge in [-0.2, -0.15) is 0 Å². The van der Waals surface area contributed by atoms with Crippen molar-refractivity contribution in [3.05, 3.63) is 0 Å². The summed E-state index contributed by atoms with van der Waals surface area (Å²) < 4.78 is 69.1. The number of rotatable bonds is 90. The van der Waals surface area contributed by atoms with Crippen LogP contribution >= 0.6 is 15.6 Å². The van der Waals surface area contributed by atoms with Gasteiger partial charge in [0.15, 0.2) is 12.2 Å². The van der Waals surface area contributed by atoms with E-state index in [0.29, 0.717) is 25.7 Å². The van der Waals surface area contributed by atoms with E-state index in [4.69, 9.17) is 37.0 Å². The first-order valence-corrected chi connectivity index (χ1v) is 49.6. The normalized spacial score (nSPS) is 13.7. The van der Waals surface area contributed by atoms with Crippen LogP contribution in [0.2, 0.25) is 0 Å². The van der Waals surface area contributed by atoms with Crippen LogP contribution < -0.4 is 0 Å². The molecule has 0 amide bonds. The van der Waals surface area contributed by atoms with Gasteiger partial charge in [-0.1, -0.05) is 439 Å². The number of phosphoric acid groups is 2. The number of aliphatic hydroxyl groups is 1. The molecule has 0 spiro atoms. The summed E-state index contributed by atoms with van der Waals surface area (Å²) in [4.78, 5) is 73.4. The lowest BCUT2D eigenvalue weighted by molar-refractivity contribution is -0.161. The van der Waals surface area contributed by atoms with Gasteiger partial charge in [-0.25, -0.2) is 9.13 Å². The zero-order valence-corrected chi connectivity index (χ0v) is 73.5. The van der Waals surface area contributed by atoms with E-state index in [0.717, 1.165) is 95.8 Å². The quantitative estimate of drug-likeness (QED) is 0.0222. The number of phosphoric ester groups is 2. The molecule has 17 nitrogen and oxygen atoms in total. The highest BCUT2D eigenvalue weighted by atomic mass is 31.2. The molecule has 0 aliphatic rings. The van der Waals surface area contributed by atoms with Crippen molar-refractivity contribution in [1.82, 2.24) is 0 Å². The van der Waals surface area contributed by atoms with Gasteiger partial charge in [0.05, 0.1) is 26.4 Å². The average Bonchev–Trinajstić information content (AvgIpc) is 0.901. The Hall–Kier alpha value is -1.94. The Morgan fingerprint density at radius 1 is 0.248 bits per heavy atom. The Morgan fingerprint density at radius 2 is 0.422 bits per heavy atom. The molecule has 0 fully saturated rings. The van der Waals surface area contributed by atoms with Crippen molar-refractivity contribution in [1.29, 1.82) is 0 Å². The van der Waals surface area contributed by atoms with Crippen LogP contribution in [0.25, 0.3) is 0 Å². The SMILES string of the molecule is CCCCCCCCCCCCCCCCCCCCCC(=O)OC[C@H](COP(=O)(O)OC[C@@H](O)COP(=O)(O)OC[C@@H](COC(=O)CCCCCCCCCCCCCCC)OC(=O)CCCCCCCCCCCCCCCCCC)OC(=O)CCCCCCCCCCCCCCCCCCCCC(C)C. The predicted molar refractivity (Wildman–Crippen MR) is 451 cm³/mol. The predicted octanol–water partition coefficient (Wildman–Crippen LogP) is 27.9. The zero-order chi connectivity index (χ0) is 79.7. The molecule has 5 atom stereocenters. The van der Waals surface area contributed by atoms with E-state index >= 15 is 0 Å². The van der Waals surface area contributed by atoms with E-state index in [-0.39, 0.29) is 25.7 Å². The van der Waals surface area contributed by atoms with Crippen molar-refractivity contribution < 1.29 is 80.2 Å². The maximum atomic E-state index is 13.2. The molecule has 109 heavy (non-hydrogen) atoms. The van der Waals surface area contributed by atoms with Crippen molar-refractivity contribution in [2.75, 3.05) is 39.6 Å². The van der Waals surface area contributed by atoms with Crippen LogP contribution in [0.5, 0.6) is 0 Å². The second-order valence-electron chi connectivity index (χ2n) is 32.8. The lowest BCUT2D eigenvalue weighted by atomic mass is 10.0. The average molecular weight is 1590 g/mol. The molecule has 0 saturated carbocycles. The van der Waals surface area contributed by atoms with Crippen molar-refractivity contribution in [3.63, 3.8) is 0 Å². The Morgan fingerprint density at radius 3 is 0.624 bits per heavy atom. The smallest absolute Gasteiger partial charge is 0.462 e. The Kier molecular flexibility index (Phi) is 81.1. The molecule has 0 heterocycles. The summed E-state index contributed by atoms with van der Waals surface area (Å²) in [5.74, 6) is -1.27. The second-order valence-corrected chi connectivity index (χ2v) is 35.7. The maximum Gasteiger partial charge on any atom is 0.472 e. The van der Waals surface area contributed by atoms with Crippen molar-refractivity contribution >= 4 is 39.5 Å². The summed E-state index contributed by atoms with van der Waals surface area (Å²) in [6.45, 7) is 7.44. The maximum absolute atomic E-state index is 13.2. The molecule has 0 aliphatic heterocycles. The number of esters is 4. The molecule has 3 N–H and O–H groups in total. The van der Waals surface area contributed by atoms with Gasteiger partial charge in [0, 0.05) is 25.7 Å². The van der Waals surface area contributed by atoms with Crippen LogP contribution in [0.3, 0.4) is 0 Å². The fraction of sp³-hybridized carbons (Fsp3) is 0.956. The van der Waals surface area contributed by atoms with Gasteiger partial charge < -0.3 is 33.8 Å². The van der Waals surface area contributed by atoms with Crippen LogP contribution in [0.15, 0.2) is 0 Å². The second kappa shape index (κ2) is 82.6. The third-order valence-electron chi connectivity index (χ3n) is 21.3. The van der Waals surface area contributed by atoms with Gasteiger partial charge in [0.1, 0.15) is 19.3 Å². The molecule has 19 heteroatoms. The first kappa shape index (κ1) is 107. The highest BCUT2D eigenvalue weighted by Crippen LogP contribution is 2.45. The topological polar surface area (TPSA) is 237 Å². The van der Waals surface area contributed by atoms with Gasteiger partial charge in [0.25, 0.3) is 0 Å². The molecule has 0 saturated heterocycles. The minimum absolute atomic E-state index is 0.109. The fourth-order valence-corrected chi connectivity index (χ4v) is 15.8. The molecule has 0 rings (SSSR count). The van der Waals surface area contributed by atoms with Gasteiger partial charge in [-0.05, 0) is 31.6 Å². The standard InChI is InChI=1S/C90H176O17P2/c1-6-9-12-15-18-21-24-27-29-31-32-36-40-44-49-54-59-64-69-74-88(93)101-80-86(107-90(95)76-71-66-61-56-51-46-41-37-34-33-35-38-43-47-52-57-62-67-72-83(4)5)82-105-109(98,99)103-78-84(91)77-102-108(96,97)104-81-85(79-100-87(92)73-68-63-58-53-48-42-26-23-20-17-14-11-8-3)106-89(94)75-70-65-60-55-50-45-39-30-28-25-22-19-16-13-10-7-2/h83-86,91H,6-82H2,1-5H3,(H,96,97)(H,98,99)/t84-,85+,86+/m0/s1. The van der Waals surface area contributed by atoms with Gasteiger partial charge in [0.2, 0.25) is 0 Å². The highest BCUT2D eigenvalue weighted by molar-refractivity contribution is 7.47. The third kappa shape index (κ3) is 83.8. The van der Waals surface area contributed by atoms with Crippen LogP contribution in [0, 0.1) is 5.92 Å². The third-order valence-corrected chi connectivity index (χ3v) is 23.2. The molecule has 0 aliphatic carbocycles. The van der Waals surface area contributed by atoms with E-state index in [2.05, 4.69) is 34.6 Å². The molecule has 0 bridgehead atoms. The van der Waals surface area contributed by atoms with Crippen molar-refractivity contribution in [3.8, 4) is 0 Å². The van der Waals surface area contributed by atoms with E-state index in [1.54, 1.807) is 0 Å². The first-order chi connectivity index (χ1) is 53.0. The number of unbranched alkanes of at least 4 members (excludes halogenated alkanes) is 62. The van der Waals surface area contributed by atoms with Gasteiger partial charge in [-0.3, -0.25) is 37.3 Å². The number of carbonyl (C=O) groups is 4. The minimum atomic E-state index is -4.97. The molecular formula is C90H176O17P2. The van der Waals surface area contributed by atoms with Gasteiger partial charge >= 0.3 is 39.5 Å². The van der Waals surface area contributed by atoms with Crippen LogP contribution in [-0.4, -0.2) is 96.7 Å². The molecule has 0 aromatic carbocycles. The molecular weight excluding hydrogens is 1410 g/mol. The first-order valence-electron chi connectivity index (χ1n) is 46.6. The van der Waals surface area contributed by atoms with Crippen LogP contribution in [0.4, 0.5) is 0 Å². The van der Waals surface area contributed by atoms with Gasteiger partial charge in [-0.15, -0.1) is 0 Å². The van der Waals surface area contributed by atoms with E-state index in [9.17, 15) is 43.2 Å². The summed E-state index contributed by atoms with van der Waals surface area (Å²) in [6, 6.07) is 0. The van der Waals surface area contributed by atoms with Crippen molar-refractivity contribution in [2.45, 2.75) is 509 Å². The Bertz CT molecular complexity index is 2070. The van der Waals surface area contributed by atoms with Crippen LogP contribution in [-0.2, 0) is 65.4 Å².